The maximum atomic E-state index is 13.4. The van der Waals surface area contributed by atoms with Crippen molar-refractivity contribution in [2.24, 2.45) is 0 Å². The second-order valence-electron chi connectivity index (χ2n) is 10.7. The largest absolute Gasteiger partial charge is 0.508 e. The van der Waals surface area contributed by atoms with Crippen molar-refractivity contribution in [1.82, 2.24) is 0 Å². The molecule has 0 saturated carbocycles. The summed E-state index contributed by atoms with van der Waals surface area (Å²) in [4.78, 5) is 26.6. The van der Waals surface area contributed by atoms with Crippen molar-refractivity contribution in [2.75, 3.05) is 13.2 Å². The monoisotopic (exact) mass is 606 g/mol. The summed E-state index contributed by atoms with van der Waals surface area (Å²) in [6.45, 7) is 4.67. The second kappa shape index (κ2) is 12.1. The van der Waals surface area contributed by atoms with Gasteiger partial charge in [-0.25, -0.2) is 0 Å². The molecule has 0 bridgehead atoms. The highest BCUT2D eigenvalue weighted by atomic mass is 16.8. The number of fused-ring (bicyclic) bond motifs is 2. The van der Waals surface area contributed by atoms with Crippen LogP contribution in [0.5, 0.6) is 17.2 Å². The second-order valence-corrected chi connectivity index (χ2v) is 10.7. The summed E-state index contributed by atoms with van der Waals surface area (Å²) in [5, 5.41) is 73.5. The Morgan fingerprint density at radius 1 is 0.814 bits per heavy atom. The third-order valence-electron chi connectivity index (χ3n) is 7.94. The van der Waals surface area contributed by atoms with Crippen molar-refractivity contribution < 1.29 is 69.0 Å². The van der Waals surface area contributed by atoms with Gasteiger partial charge in [-0.2, -0.15) is 0 Å². The number of ether oxygens (including phenoxy) is 5. The third kappa shape index (κ3) is 5.50. The van der Waals surface area contributed by atoms with Gasteiger partial charge in [0.25, 0.3) is 0 Å². The van der Waals surface area contributed by atoms with Gasteiger partial charge in [-0.1, -0.05) is 0 Å². The standard InChI is InChI=1S/C29H34O14/c1-4-39-9-17-23(35)25(37)27(43-28-26(38)24(36)20(32)11(3)40-28)29(42-17)41-16-8-15-18(19(31)10(16)2)22(34)13-6-5-12(30)7-14(13)21(15)33/h5-8,11,17,20,23-32,35-38H,4,9H2,1-3H3. The maximum absolute atomic E-state index is 13.4. The molecular formula is C29H34O14. The molecule has 1 aliphatic carbocycles. The number of rotatable bonds is 7. The van der Waals surface area contributed by atoms with Crippen molar-refractivity contribution >= 4 is 11.6 Å². The van der Waals surface area contributed by atoms with Gasteiger partial charge < -0.3 is 59.4 Å². The van der Waals surface area contributed by atoms with Gasteiger partial charge in [-0.3, -0.25) is 9.59 Å². The number of carbonyl (C=O) groups is 2. The van der Waals surface area contributed by atoms with Gasteiger partial charge >= 0.3 is 0 Å². The van der Waals surface area contributed by atoms with Crippen LogP contribution < -0.4 is 4.74 Å². The fourth-order valence-electron chi connectivity index (χ4n) is 5.40. The van der Waals surface area contributed by atoms with Crippen LogP contribution in [0.25, 0.3) is 0 Å². The molecule has 10 unspecified atom stereocenters. The zero-order valence-electron chi connectivity index (χ0n) is 23.5. The molecule has 14 heteroatoms. The minimum absolute atomic E-state index is 0.00574. The quantitative estimate of drug-likeness (QED) is 0.176. The summed E-state index contributed by atoms with van der Waals surface area (Å²) < 4.78 is 28.6. The molecule has 2 aliphatic heterocycles. The van der Waals surface area contributed by atoms with Crippen molar-refractivity contribution in [3.8, 4) is 17.2 Å². The molecule has 0 aromatic heterocycles. The van der Waals surface area contributed by atoms with E-state index in [0.717, 1.165) is 6.07 Å². The number of benzene rings is 2. The number of hydrogen-bond donors (Lipinski definition) is 7. The number of phenolic OH excluding ortho intramolecular Hbond substituents is 2. The molecule has 2 aromatic carbocycles. The lowest BCUT2D eigenvalue weighted by Crippen LogP contribution is -2.64. The Morgan fingerprint density at radius 3 is 2.23 bits per heavy atom. The first-order valence-corrected chi connectivity index (χ1v) is 13.8. The van der Waals surface area contributed by atoms with Crippen LogP contribution in [0.4, 0.5) is 0 Å². The molecule has 7 N–H and O–H groups in total. The van der Waals surface area contributed by atoms with Crippen LogP contribution in [0.1, 0.15) is 51.3 Å². The number of aliphatic hydroxyl groups is 5. The molecule has 14 nitrogen and oxygen atoms in total. The highest BCUT2D eigenvalue weighted by molar-refractivity contribution is 6.29. The van der Waals surface area contributed by atoms with Gasteiger partial charge in [0.15, 0.2) is 24.0 Å². The summed E-state index contributed by atoms with van der Waals surface area (Å²) in [5.74, 6) is -2.23. The first kappa shape index (κ1) is 31.3. The van der Waals surface area contributed by atoms with Crippen molar-refractivity contribution in [1.29, 1.82) is 0 Å². The van der Waals surface area contributed by atoms with Gasteiger partial charge in [0.2, 0.25) is 6.29 Å². The fraction of sp³-hybridized carbons (Fsp3) is 0.517. The molecule has 234 valence electrons. The zero-order valence-corrected chi connectivity index (χ0v) is 23.5. The van der Waals surface area contributed by atoms with Gasteiger partial charge in [0.1, 0.15) is 53.9 Å². The van der Waals surface area contributed by atoms with Gasteiger partial charge in [-0.05, 0) is 45.0 Å². The van der Waals surface area contributed by atoms with Crippen LogP contribution in [-0.2, 0) is 18.9 Å². The predicted octanol–water partition coefficient (Wildman–Crippen LogP) is -0.744. The van der Waals surface area contributed by atoms with Gasteiger partial charge in [0, 0.05) is 28.9 Å². The number of aromatic hydroxyl groups is 2. The predicted molar refractivity (Wildman–Crippen MR) is 143 cm³/mol. The van der Waals surface area contributed by atoms with E-state index in [9.17, 15) is 45.3 Å². The van der Waals surface area contributed by atoms with Crippen LogP contribution in [-0.4, -0.2) is 122 Å². The van der Waals surface area contributed by atoms with E-state index in [0.29, 0.717) is 0 Å². The minimum atomic E-state index is -1.76. The smallest absolute Gasteiger partial charge is 0.229 e. The van der Waals surface area contributed by atoms with Crippen molar-refractivity contribution in [2.45, 2.75) is 82.2 Å². The molecule has 0 spiro atoms. The van der Waals surface area contributed by atoms with E-state index in [1.54, 1.807) is 6.92 Å². The molecule has 43 heavy (non-hydrogen) atoms. The number of hydrogen-bond acceptors (Lipinski definition) is 14. The summed E-state index contributed by atoms with van der Waals surface area (Å²) >= 11 is 0. The lowest BCUT2D eigenvalue weighted by molar-refractivity contribution is -0.355. The Bertz CT molecular complexity index is 1390. The molecule has 2 saturated heterocycles. The summed E-state index contributed by atoms with van der Waals surface area (Å²) in [6.07, 6.45) is -15.0. The van der Waals surface area contributed by atoms with Crippen LogP contribution in [0, 0.1) is 6.92 Å². The van der Waals surface area contributed by atoms with Gasteiger partial charge in [-0.15, -0.1) is 0 Å². The minimum Gasteiger partial charge on any atom is -0.508 e. The van der Waals surface area contributed by atoms with E-state index in [-0.39, 0.29) is 52.5 Å². The molecule has 2 aromatic rings. The average molecular weight is 607 g/mol. The molecule has 10 atom stereocenters. The SMILES string of the molecule is CCOCC1OC(Oc2cc3c(c(O)c2C)C(=O)c2ccc(O)cc2C3=O)C(OC2OC(C)C(O)C(O)C2O)C(O)C1O. The summed E-state index contributed by atoms with van der Waals surface area (Å²) in [6, 6.07) is 4.89. The normalized spacial score (nSPS) is 34.0. The fourth-order valence-corrected chi connectivity index (χ4v) is 5.40. The third-order valence-corrected chi connectivity index (χ3v) is 7.94. The Labute approximate surface area is 245 Å². The summed E-state index contributed by atoms with van der Waals surface area (Å²) in [5.41, 5.74) is -0.498. The lowest BCUT2D eigenvalue weighted by Gasteiger charge is -2.46. The van der Waals surface area contributed by atoms with Gasteiger partial charge in [0.05, 0.1) is 18.3 Å². The van der Waals surface area contributed by atoms with E-state index in [2.05, 4.69) is 0 Å². The van der Waals surface area contributed by atoms with E-state index < -0.39 is 78.7 Å². The Kier molecular flexibility index (Phi) is 8.77. The topological polar surface area (TPSA) is 222 Å². The molecule has 0 amide bonds. The van der Waals surface area contributed by atoms with E-state index in [1.807, 2.05) is 0 Å². The molecule has 5 rings (SSSR count). The molecule has 2 heterocycles. The first-order chi connectivity index (χ1) is 20.3. The highest BCUT2D eigenvalue weighted by Gasteiger charge is 2.51. The van der Waals surface area contributed by atoms with Crippen LogP contribution >= 0.6 is 0 Å². The van der Waals surface area contributed by atoms with E-state index >= 15 is 0 Å². The Morgan fingerprint density at radius 2 is 1.53 bits per heavy atom. The van der Waals surface area contributed by atoms with E-state index in [4.69, 9.17) is 23.7 Å². The molecule has 2 fully saturated rings. The van der Waals surface area contributed by atoms with E-state index in [1.165, 1.54) is 32.0 Å². The Hall–Kier alpha value is -3.18. The molecule has 0 radical (unpaired) electrons. The van der Waals surface area contributed by atoms with Crippen LogP contribution in [0.15, 0.2) is 24.3 Å². The molecule has 3 aliphatic rings. The van der Waals surface area contributed by atoms with Crippen molar-refractivity contribution in [3.63, 3.8) is 0 Å². The Balaban J connectivity index is 1.50. The number of phenols is 2. The van der Waals surface area contributed by atoms with Crippen LogP contribution in [0.3, 0.4) is 0 Å². The average Bonchev–Trinajstić information content (AvgIpc) is 2.98. The first-order valence-electron chi connectivity index (χ1n) is 13.8. The highest BCUT2D eigenvalue weighted by Crippen LogP contribution is 2.41. The number of ketones is 2. The lowest BCUT2D eigenvalue weighted by atomic mass is 9.82. The van der Waals surface area contributed by atoms with Crippen LogP contribution in [0.2, 0.25) is 0 Å². The maximum Gasteiger partial charge on any atom is 0.229 e. The number of aliphatic hydroxyl groups excluding tert-OH is 5. The zero-order chi connectivity index (χ0) is 31.3. The summed E-state index contributed by atoms with van der Waals surface area (Å²) in [7, 11) is 0. The van der Waals surface area contributed by atoms with Crippen molar-refractivity contribution in [3.05, 3.63) is 52.1 Å². The molecular weight excluding hydrogens is 572 g/mol. The number of carbonyl (C=O) groups excluding carboxylic acids is 2.